The van der Waals surface area contributed by atoms with Gasteiger partial charge in [0.25, 0.3) is 5.91 Å². The van der Waals surface area contributed by atoms with Crippen LogP contribution in [0, 0.1) is 11.8 Å². The monoisotopic (exact) mass is 370 g/mol. The highest BCUT2D eigenvalue weighted by atomic mass is 35.5. The first-order valence-electron chi connectivity index (χ1n) is 7.99. The number of piperidine rings is 1. The molecule has 0 unspecified atom stereocenters. The summed E-state index contributed by atoms with van der Waals surface area (Å²) in [7, 11) is 0. The maximum Gasteiger partial charge on any atom is 0.253 e. The van der Waals surface area contributed by atoms with Gasteiger partial charge in [-0.1, -0.05) is 46.8 Å². The minimum atomic E-state index is 0.0239. The van der Waals surface area contributed by atoms with Crippen LogP contribution < -0.4 is 0 Å². The van der Waals surface area contributed by atoms with Crippen LogP contribution in [0.5, 0.6) is 0 Å². The van der Waals surface area contributed by atoms with Crippen molar-refractivity contribution in [1.82, 2.24) is 9.88 Å². The van der Waals surface area contributed by atoms with Gasteiger partial charge in [-0.15, -0.1) is 0 Å². The molecule has 2 aromatic rings. The predicted molar refractivity (Wildman–Crippen MR) is 101 cm³/mol. The van der Waals surface area contributed by atoms with E-state index in [2.05, 4.69) is 16.8 Å². The Bertz CT molecular complexity index is 871. The SMILES string of the molecule is O=C(c1cccc(Cl)c1)N1CCC(=CC#Cc2cccc(Cl)n2)CC1. The lowest BCUT2D eigenvalue weighted by Gasteiger charge is -2.28. The van der Waals surface area contributed by atoms with Gasteiger partial charge in [-0.05, 0) is 55.2 Å². The molecular formula is C20H16Cl2N2O. The van der Waals surface area contributed by atoms with E-state index in [1.807, 2.05) is 23.1 Å². The van der Waals surface area contributed by atoms with E-state index in [-0.39, 0.29) is 5.91 Å². The van der Waals surface area contributed by atoms with E-state index >= 15 is 0 Å². The van der Waals surface area contributed by atoms with Crippen molar-refractivity contribution >= 4 is 29.1 Å². The van der Waals surface area contributed by atoms with Gasteiger partial charge < -0.3 is 4.90 Å². The summed E-state index contributed by atoms with van der Waals surface area (Å²) in [5, 5.41) is 1.01. The van der Waals surface area contributed by atoms with Gasteiger partial charge in [0.2, 0.25) is 0 Å². The van der Waals surface area contributed by atoms with Gasteiger partial charge in [0.15, 0.2) is 0 Å². The predicted octanol–water partition coefficient (Wildman–Crippen LogP) is 4.60. The summed E-state index contributed by atoms with van der Waals surface area (Å²) >= 11 is 11.8. The van der Waals surface area contributed by atoms with Crippen molar-refractivity contribution in [1.29, 1.82) is 0 Å². The maximum atomic E-state index is 12.5. The third-order valence-corrected chi connectivity index (χ3v) is 4.40. The number of likely N-dealkylation sites (tertiary alicyclic amines) is 1. The molecular weight excluding hydrogens is 355 g/mol. The molecule has 0 saturated carbocycles. The average molecular weight is 371 g/mol. The Hall–Kier alpha value is -2.28. The van der Waals surface area contributed by atoms with Crippen LogP contribution in [0.4, 0.5) is 0 Å². The summed E-state index contributed by atoms with van der Waals surface area (Å²) in [4.78, 5) is 18.5. The summed E-state index contributed by atoms with van der Waals surface area (Å²) in [6.45, 7) is 1.38. The van der Waals surface area contributed by atoms with Crippen LogP contribution in [-0.2, 0) is 0 Å². The number of carbonyl (C=O) groups is 1. The molecule has 126 valence electrons. The van der Waals surface area contributed by atoms with Crippen LogP contribution in [0.3, 0.4) is 0 Å². The zero-order chi connectivity index (χ0) is 17.6. The number of amides is 1. The van der Waals surface area contributed by atoms with E-state index in [1.165, 1.54) is 5.57 Å². The summed E-state index contributed by atoms with van der Waals surface area (Å²) in [5.74, 6) is 6.03. The third-order valence-electron chi connectivity index (χ3n) is 3.96. The Morgan fingerprint density at radius 2 is 1.88 bits per heavy atom. The number of hydrogen-bond acceptors (Lipinski definition) is 2. The van der Waals surface area contributed by atoms with Gasteiger partial charge in [0, 0.05) is 23.7 Å². The van der Waals surface area contributed by atoms with Crippen LogP contribution >= 0.6 is 23.2 Å². The average Bonchev–Trinajstić information content (AvgIpc) is 2.62. The molecule has 1 aromatic carbocycles. The molecule has 3 rings (SSSR count). The van der Waals surface area contributed by atoms with Crippen molar-refractivity contribution in [2.45, 2.75) is 12.8 Å². The Kier molecular flexibility index (Phi) is 5.75. The van der Waals surface area contributed by atoms with E-state index in [0.29, 0.717) is 34.5 Å². The number of nitrogens with zero attached hydrogens (tertiary/aromatic N) is 2. The number of carbonyl (C=O) groups excluding carboxylic acids is 1. The fourth-order valence-electron chi connectivity index (χ4n) is 2.64. The van der Waals surface area contributed by atoms with Gasteiger partial charge in [-0.3, -0.25) is 4.79 Å². The van der Waals surface area contributed by atoms with Crippen molar-refractivity contribution in [3.05, 3.63) is 75.5 Å². The van der Waals surface area contributed by atoms with E-state index in [4.69, 9.17) is 23.2 Å². The number of halogens is 2. The fraction of sp³-hybridized carbons (Fsp3) is 0.200. The smallest absolute Gasteiger partial charge is 0.253 e. The quantitative estimate of drug-likeness (QED) is 0.542. The number of benzene rings is 1. The number of aromatic nitrogens is 1. The summed E-state index contributed by atoms with van der Waals surface area (Å²) in [5.41, 5.74) is 2.52. The molecule has 1 aliphatic rings. The molecule has 25 heavy (non-hydrogen) atoms. The van der Waals surface area contributed by atoms with E-state index in [1.54, 1.807) is 30.3 Å². The molecule has 1 saturated heterocycles. The topological polar surface area (TPSA) is 33.2 Å². The second-order valence-electron chi connectivity index (χ2n) is 5.72. The Balaban J connectivity index is 1.59. The highest BCUT2D eigenvalue weighted by Gasteiger charge is 2.20. The van der Waals surface area contributed by atoms with Crippen molar-refractivity contribution in [2.24, 2.45) is 0 Å². The van der Waals surface area contributed by atoms with E-state index in [0.717, 1.165) is 12.8 Å². The number of allylic oxidation sites excluding steroid dienone is 1. The normalized spacial score (nSPS) is 13.8. The first-order chi connectivity index (χ1) is 12.1. The van der Waals surface area contributed by atoms with Crippen LogP contribution in [0.25, 0.3) is 0 Å². The van der Waals surface area contributed by atoms with Gasteiger partial charge in [0.05, 0.1) is 0 Å². The number of pyridine rings is 1. The molecule has 1 fully saturated rings. The second-order valence-corrected chi connectivity index (χ2v) is 6.54. The maximum absolute atomic E-state index is 12.5. The summed E-state index contributed by atoms with van der Waals surface area (Å²) in [6, 6.07) is 12.4. The van der Waals surface area contributed by atoms with E-state index in [9.17, 15) is 4.79 Å². The van der Waals surface area contributed by atoms with Crippen LogP contribution in [0.15, 0.2) is 54.1 Å². The highest BCUT2D eigenvalue weighted by Crippen LogP contribution is 2.19. The molecule has 1 aromatic heterocycles. The summed E-state index contributed by atoms with van der Waals surface area (Å²) < 4.78 is 0. The van der Waals surface area contributed by atoms with Gasteiger partial charge >= 0.3 is 0 Å². The van der Waals surface area contributed by atoms with Gasteiger partial charge in [0.1, 0.15) is 10.8 Å². The van der Waals surface area contributed by atoms with Crippen LogP contribution in [0.1, 0.15) is 28.9 Å². The lowest BCUT2D eigenvalue weighted by atomic mass is 10.0. The molecule has 3 nitrogen and oxygen atoms in total. The second kappa shape index (κ2) is 8.20. The van der Waals surface area contributed by atoms with Crippen LogP contribution in [0.2, 0.25) is 10.2 Å². The lowest BCUT2D eigenvalue weighted by molar-refractivity contribution is 0.0743. The highest BCUT2D eigenvalue weighted by molar-refractivity contribution is 6.31. The summed E-state index contributed by atoms with van der Waals surface area (Å²) in [6.07, 6.45) is 3.57. The lowest BCUT2D eigenvalue weighted by Crippen LogP contribution is -2.36. The zero-order valence-corrected chi connectivity index (χ0v) is 15.0. The van der Waals surface area contributed by atoms with Gasteiger partial charge in [-0.25, -0.2) is 4.98 Å². The molecule has 0 atom stereocenters. The Labute approximate surface area is 157 Å². The number of hydrogen-bond donors (Lipinski definition) is 0. The van der Waals surface area contributed by atoms with Crippen molar-refractivity contribution in [3.8, 4) is 11.8 Å². The standard InChI is InChI=1S/C20H16Cl2N2O/c21-17-6-2-5-16(14-17)20(25)24-12-10-15(11-13-24)4-1-7-18-8-3-9-19(22)23-18/h2-6,8-9,14H,10-13H2. The first kappa shape index (κ1) is 17.5. The molecule has 1 aliphatic heterocycles. The molecule has 2 heterocycles. The van der Waals surface area contributed by atoms with Gasteiger partial charge in [-0.2, -0.15) is 0 Å². The van der Waals surface area contributed by atoms with Crippen LogP contribution in [-0.4, -0.2) is 28.9 Å². The van der Waals surface area contributed by atoms with Crippen molar-refractivity contribution in [3.63, 3.8) is 0 Å². The first-order valence-corrected chi connectivity index (χ1v) is 8.74. The molecule has 0 aliphatic carbocycles. The molecule has 0 radical (unpaired) electrons. The number of rotatable bonds is 1. The Morgan fingerprint density at radius 1 is 1.12 bits per heavy atom. The minimum Gasteiger partial charge on any atom is -0.338 e. The Morgan fingerprint density at radius 3 is 2.60 bits per heavy atom. The largest absolute Gasteiger partial charge is 0.338 e. The molecule has 0 spiro atoms. The minimum absolute atomic E-state index is 0.0239. The molecule has 5 heteroatoms. The molecule has 1 amide bonds. The van der Waals surface area contributed by atoms with Crippen molar-refractivity contribution in [2.75, 3.05) is 13.1 Å². The zero-order valence-electron chi connectivity index (χ0n) is 13.5. The van der Waals surface area contributed by atoms with Crippen molar-refractivity contribution < 1.29 is 4.79 Å². The molecule has 0 N–H and O–H groups in total. The fourth-order valence-corrected chi connectivity index (χ4v) is 2.99. The van der Waals surface area contributed by atoms with E-state index < -0.39 is 0 Å². The third kappa shape index (κ3) is 4.85. The molecule has 0 bridgehead atoms.